The third-order valence-electron chi connectivity index (χ3n) is 2.37. The van der Waals surface area contributed by atoms with E-state index in [1.807, 2.05) is 6.92 Å². The number of nitrogens with one attached hydrogen (secondary N) is 2. The van der Waals surface area contributed by atoms with E-state index in [0.717, 1.165) is 12.1 Å². The molecule has 2 N–H and O–H groups in total. The molecule has 2 aromatic heterocycles. The van der Waals surface area contributed by atoms with Crippen LogP contribution < -0.4 is 5.32 Å². The summed E-state index contributed by atoms with van der Waals surface area (Å²) in [4.78, 5) is 21.1. The lowest BCUT2D eigenvalue weighted by Crippen LogP contribution is -2.26. The number of hydrogen-bond donors (Lipinski definition) is 2. The van der Waals surface area contributed by atoms with Gasteiger partial charge in [0.15, 0.2) is 5.82 Å². The summed E-state index contributed by atoms with van der Waals surface area (Å²) in [6, 6.07) is 4.20. The van der Waals surface area contributed by atoms with Crippen LogP contribution in [0.25, 0.3) is 0 Å². The largest absolute Gasteiger partial charge is 0.349 e. The van der Waals surface area contributed by atoms with E-state index in [-0.39, 0.29) is 5.91 Å². The molecule has 17 heavy (non-hydrogen) atoms. The van der Waals surface area contributed by atoms with E-state index in [9.17, 15) is 4.79 Å². The molecule has 2 aromatic rings. The van der Waals surface area contributed by atoms with Crippen molar-refractivity contribution in [2.45, 2.75) is 20.3 Å². The van der Waals surface area contributed by atoms with Crippen LogP contribution in [0.2, 0.25) is 0 Å². The molecule has 90 valence electrons. The molecule has 2 heterocycles. The molecule has 0 saturated heterocycles. The van der Waals surface area contributed by atoms with Gasteiger partial charge in [0, 0.05) is 28.2 Å². The molecule has 0 atom stereocenters. The molecule has 0 aliphatic carbocycles. The van der Waals surface area contributed by atoms with Gasteiger partial charge in [0.1, 0.15) is 0 Å². The monoisotopic (exact) mass is 249 g/mol. The van der Waals surface area contributed by atoms with Crippen LogP contribution >= 0.6 is 11.3 Å². The van der Waals surface area contributed by atoms with Crippen LogP contribution in [0, 0.1) is 13.8 Å². The second-order valence-corrected chi connectivity index (χ2v) is 5.31. The Hall–Kier alpha value is -1.62. The number of H-pyrrole nitrogens is 1. The van der Waals surface area contributed by atoms with Crippen LogP contribution in [0.3, 0.4) is 0 Å². The van der Waals surface area contributed by atoms with Gasteiger partial charge in [-0.05, 0) is 32.4 Å². The molecule has 0 spiro atoms. The lowest BCUT2D eigenvalue weighted by Gasteiger charge is -2.01. The van der Waals surface area contributed by atoms with Gasteiger partial charge in [0.25, 0.3) is 5.91 Å². The van der Waals surface area contributed by atoms with E-state index in [1.165, 1.54) is 9.75 Å². The summed E-state index contributed by atoms with van der Waals surface area (Å²) in [7, 11) is 0. The van der Waals surface area contributed by atoms with E-state index < -0.39 is 0 Å². The summed E-state index contributed by atoms with van der Waals surface area (Å²) in [6.07, 6.45) is 2.52. The topological polar surface area (TPSA) is 57.8 Å². The van der Waals surface area contributed by atoms with Crippen molar-refractivity contribution in [3.05, 3.63) is 39.6 Å². The first kappa shape index (κ1) is 11.9. The van der Waals surface area contributed by atoms with E-state index in [2.05, 4.69) is 34.3 Å². The van der Waals surface area contributed by atoms with Crippen molar-refractivity contribution in [1.29, 1.82) is 0 Å². The lowest BCUT2D eigenvalue weighted by molar-refractivity contribution is 0.0944. The standard InChI is InChI=1S/C12H15N3OS/c1-8-7-14-11(15-8)12(16)13-6-5-10-4-3-9(2)17-10/h3-4,7H,5-6H2,1-2H3,(H,13,16)(H,14,15). The third-order valence-corrected chi connectivity index (χ3v) is 3.43. The number of hydrogen-bond acceptors (Lipinski definition) is 3. The van der Waals surface area contributed by atoms with Gasteiger partial charge in [-0.2, -0.15) is 0 Å². The fourth-order valence-electron chi connectivity index (χ4n) is 1.53. The summed E-state index contributed by atoms with van der Waals surface area (Å²) < 4.78 is 0. The molecule has 0 saturated carbocycles. The highest BCUT2D eigenvalue weighted by atomic mass is 32.1. The van der Waals surface area contributed by atoms with Gasteiger partial charge >= 0.3 is 0 Å². The summed E-state index contributed by atoms with van der Waals surface area (Å²) in [5.41, 5.74) is 0.893. The first-order valence-corrected chi connectivity index (χ1v) is 6.32. The molecule has 0 aliphatic heterocycles. The van der Waals surface area contributed by atoms with Crippen molar-refractivity contribution in [3.8, 4) is 0 Å². The maximum atomic E-state index is 11.7. The minimum Gasteiger partial charge on any atom is -0.349 e. The molecule has 0 unspecified atom stereocenters. The van der Waals surface area contributed by atoms with Crippen molar-refractivity contribution in [2.75, 3.05) is 6.54 Å². The number of aromatic amines is 1. The summed E-state index contributed by atoms with van der Waals surface area (Å²) >= 11 is 1.76. The Morgan fingerprint density at radius 1 is 1.47 bits per heavy atom. The van der Waals surface area contributed by atoms with Gasteiger partial charge in [-0.15, -0.1) is 11.3 Å². The molecule has 5 heteroatoms. The van der Waals surface area contributed by atoms with Crippen LogP contribution in [0.15, 0.2) is 18.3 Å². The summed E-state index contributed by atoms with van der Waals surface area (Å²) in [5.74, 6) is 0.233. The Morgan fingerprint density at radius 3 is 2.88 bits per heavy atom. The highest BCUT2D eigenvalue weighted by Gasteiger charge is 2.08. The number of imidazole rings is 1. The minimum absolute atomic E-state index is 0.147. The van der Waals surface area contributed by atoms with Crippen molar-refractivity contribution in [2.24, 2.45) is 0 Å². The second kappa shape index (κ2) is 5.14. The highest BCUT2D eigenvalue weighted by Crippen LogP contribution is 2.14. The van der Waals surface area contributed by atoms with Crippen LogP contribution in [-0.4, -0.2) is 22.4 Å². The Bertz CT molecular complexity index is 515. The van der Waals surface area contributed by atoms with Crippen LogP contribution in [-0.2, 0) is 6.42 Å². The normalized spacial score (nSPS) is 10.5. The van der Waals surface area contributed by atoms with Gasteiger partial charge in [-0.3, -0.25) is 4.79 Å². The maximum Gasteiger partial charge on any atom is 0.287 e. The van der Waals surface area contributed by atoms with Crippen molar-refractivity contribution < 1.29 is 4.79 Å². The fourth-order valence-corrected chi connectivity index (χ4v) is 2.42. The first-order chi connectivity index (χ1) is 8.15. The predicted octanol–water partition coefficient (Wildman–Crippen LogP) is 2.06. The van der Waals surface area contributed by atoms with Gasteiger partial charge in [0.05, 0.1) is 0 Å². The zero-order valence-corrected chi connectivity index (χ0v) is 10.7. The maximum absolute atomic E-state index is 11.7. The molecule has 0 aromatic carbocycles. The average molecular weight is 249 g/mol. The first-order valence-electron chi connectivity index (χ1n) is 5.50. The lowest BCUT2D eigenvalue weighted by atomic mass is 10.3. The smallest absolute Gasteiger partial charge is 0.287 e. The van der Waals surface area contributed by atoms with E-state index in [0.29, 0.717) is 12.4 Å². The molecule has 0 radical (unpaired) electrons. The van der Waals surface area contributed by atoms with Gasteiger partial charge in [-0.25, -0.2) is 4.98 Å². The zero-order valence-electron chi connectivity index (χ0n) is 9.91. The molecule has 1 amide bonds. The van der Waals surface area contributed by atoms with Gasteiger partial charge < -0.3 is 10.3 Å². The third kappa shape index (κ3) is 3.17. The summed E-state index contributed by atoms with van der Waals surface area (Å²) in [5, 5.41) is 2.84. The summed E-state index contributed by atoms with van der Waals surface area (Å²) in [6.45, 7) is 4.59. The van der Waals surface area contributed by atoms with Crippen LogP contribution in [0.5, 0.6) is 0 Å². The quantitative estimate of drug-likeness (QED) is 0.871. The molecule has 2 rings (SSSR count). The van der Waals surface area contributed by atoms with Crippen LogP contribution in [0.1, 0.15) is 26.1 Å². The van der Waals surface area contributed by atoms with Crippen LogP contribution in [0.4, 0.5) is 0 Å². The SMILES string of the molecule is Cc1cnc(C(=O)NCCc2ccc(C)s2)[nH]1. The average Bonchev–Trinajstić information content (AvgIpc) is 2.88. The fraction of sp³-hybridized carbons (Fsp3) is 0.333. The molecular weight excluding hydrogens is 234 g/mol. The number of rotatable bonds is 4. The van der Waals surface area contributed by atoms with E-state index in [1.54, 1.807) is 17.5 Å². The number of carbonyl (C=O) groups excluding carboxylic acids is 1. The molecule has 0 aliphatic rings. The second-order valence-electron chi connectivity index (χ2n) is 3.93. The Kier molecular flexibility index (Phi) is 3.58. The van der Waals surface area contributed by atoms with E-state index >= 15 is 0 Å². The minimum atomic E-state index is -0.147. The predicted molar refractivity (Wildman–Crippen MR) is 68.4 cm³/mol. The number of aryl methyl sites for hydroxylation is 2. The Labute approximate surface area is 104 Å². The van der Waals surface area contributed by atoms with Crippen molar-refractivity contribution in [1.82, 2.24) is 15.3 Å². The number of thiophene rings is 1. The zero-order chi connectivity index (χ0) is 12.3. The van der Waals surface area contributed by atoms with Crippen molar-refractivity contribution >= 4 is 17.2 Å². The number of carbonyl (C=O) groups is 1. The number of nitrogens with zero attached hydrogens (tertiary/aromatic N) is 1. The number of amides is 1. The Balaban J connectivity index is 1.81. The molecular formula is C12H15N3OS. The molecule has 4 nitrogen and oxygen atoms in total. The molecule has 0 bridgehead atoms. The van der Waals surface area contributed by atoms with Gasteiger partial charge in [0.2, 0.25) is 0 Å². The van der Waals surface area contributed by atoms with E-state index in [4.69, 9.17) is 0 Å². The highest BCUT2D eigenvalue weighted by molar-refractivity contribution is 7.11. The van der Waals surface area contributed by atoms with Crippen molar-refractivity contribution in [3.63, 3.8) is 0 Å². The molecule has 0 fully saturated rings. The van der Waals surface area contributed by atoms with Gasteiger partial charge in [-0.1, -0.05) is 0 Å². The Morgan fingerprint density at radius 2 is 2.29 bits per heavy atom. The number of aromatic nitrogens is 2.